The van der Waals surface area contributed by atoms with Crippen LogP contribution in [-0.4, -0.2) is 60.5 Å². The van der Waals surface area contributed by atoms with Crippen molar-refractivity contribution in [3.63, 3.8) is 0 Å². The van der Waals surface area contributed by atoms with Crippen LogP contribution >= 0.6 is 0 Å². The second-order valence-electron chi connectivity index (χ2n) is 7.63. The highest BCUT2D eigenvalue weighted by Crippen LogP contribution is 2.27. The van der Waals surface area contributed by atoms with E-state index in [9.17, 15) is 10.2 Å². The third kappa shape index (κ3) is 5.90. The fourth-order valence-corrected chi connectivity index (χ4v) is 3.67. The minimum atomic E-state index is -0.572. The van der Waals surface area contributed by atoms with Crippen LogP contribution in [0.4, 0.5) is 5.69 Å². The maximum absolute atomic E-state index is 10.4. The molecule has 0 amide bonds. The lowest BCUT2D eigenvalue weighted by Gasteiger charge is -2.37. The predicted molar refractivity (Wildman–Crippen MR) is 121 cm³/mol. The highest BCUT2D eigenvalue weighted by molar-refractivity contribution is 5.57. The molecular weight excluding hydrogens is 392 g/mol. The smallest absolute Gasteiger partial charge is 0.138 e. The molecule has 6 heteroatoms. The normalized spacial score (nSPS) is 15.5. The Bertz CT molecular complexity index is 941. The minimum absolute atomic E-state index is 0.235. The van der Waals surface area contributed by atoms with Gasteiger partial charge in [0, 0.05) is 32.7 Å². The fourth-order valence-electron chi connectivity index (χ4n) is 3.67. The summed E-state index contributed by atoms with van der Waals surface area (Å²) in [5, 5.41) is 20.4. The van der Waals surface area contributed by atoms with Crippen LogP contribution in [0, 0.1) is 0 Å². The Hall–Kier alpha value is -3.22. The molecule has 1 fully saturated rings. The van der Waals surface area contributed by atoms with Gasteiger partial charge in [0.05, 0.1) is 5.69 Å². The molecule has 1 aliphatic rings. The monoisotopic (exact) mass is 420 g/mol. The Morgan fingerprint density at radius 1 is 0.742 bits per heavy atom. The van der Waals surface area contributed by atoms with Gasteiger partial charge in [0.1, 0.15) is 35.7 Å². The van der Waals surface area contributed by atoms with Crippen LogP contribution < -0.4 is 14.4 Å². The third-order valence-electron chi connectivity index (χ3n) is 5.31. The average Bonchev–Trinajstić information content (AvgIpc) is 2.80. The number of para-hydroxylation sites is 3. The molecule has 0 saturated carbocycles. The molecule has 3 aromatic carbocycles. The molecule has 3 aromatic rings. The standard InChI is InChI=1S/C25H28N2O4/c28-20(18-26-14-16-27(17-15-26)24-8-4-5-9-25(24)29)19-30-21-10-12-23(13-11-21)31-22-6-2-1-3-7-22/h1-13,20,28-29H,14-19H2/t20-/m0/s1. The predicted octanol–water partition coefficient (Wildman–Crippen LogP) is 3.75. The van der Waals surface area contributed by atoms with E-state index in [1.54, 1.807) is 6.07 Å². The summed E-state index contributed by atoms with van der Waals surface area (Å²) < 4.78 is 11.5. The summed E-state index contributed by atoms with van der Waals surface area (Å²) in [6.45, 7) is 4.08. The Morgan fingerprint density at radius 2 is 1.35 bits per heavy atom. The number of aromatic hydroxyl groups is 1. The molecule has 0 bridgehead atoms. The molecule has 1 saturated heterocycles. The number of nitrogens with zero attached hydrogens (tertiary/aromatic N) is 2. The van der Waals surface area contributed by atoms with Crippen LogP contribution in [0.2, 0.25) is 0 Å². The number of β-amino-alcohol motifs (C(OH)–C–C–N with tert-alkyl or cyclic N) is 1. The van der Waals surface area contributed by atoms with Crippen molar-refractivity contribution in [1.82, 2.24) is 4.90 Å². The molecular formula is C25H28N2O4. The molecule has 1 heterocycles. The molecule has 1 atom stereocenters. The van der Waals surface area contributed by atoms with E-state index in [0.717, 1.165) is 43.4 Å². The molecule has 162 valence electrons. The molecule has 0 radical (unpaired) electrons. The van der Waals surface area contributed by atoms with Crippen LogP contribution in [0.3, 0.4) is 0 Å². The first kappa shape index (κ1) is 21.0. The lowest BCUT2D eigenvalue weighted by Crippen LogP contribution is -2.49. The zero-order valence-corrected chi connectivity index (χ0v) is 17.4. The molecule has 6 nitrogen and oxygen atoms in total. The van der Waals surface area contributed by atoms with Crippen LogP contribution in [0.5, 0.6) is 23.0 Å². The lowest BCUT2D eigenvalue weighted by molar-refractivity contribution is 0.0662. The first-order valence-corrected chi connectivity index (χ1v) is 10.6. The van der Waals surface area contributed by atoms with Gasteiger partial charge in [-0.25, -0.2) is 0 Å². The summed E-state index contributed by atoms with van der Waals surface area (Å²) in [7, 11) is 0. The van der Waals surface area contributed by atoms with Crippen molar-refractivity contribution in [2.75, 3.05) is 44.2 Å². The summed E-state index contributed by atoms with van der Waals surface area (Å²) in [4.78, 5) is 4.40. The number of aliphatic hydroxyl groups is 1. The number of aliphatic hydroxyl groups excluding tert-OH is 1. The number of phenols is 1. The number of piperazine rings is 1. The molecule has 0 spiro atoms. The Balaban J connectivity index is 1.19. The molecule has 0 unspecified atom stereocenters. The number of hydrogen-bond donors (Lipinski definition) is 2. The van der Waals surface area contributed by atoms with Gasteiger partial charge in [-0.05, 0) is 48.5 Å². The van der Waals surface area contributed by atoms with Crippen molar-refractivity contribution >= 4 is 5.69 Å². The minimum Gasteiger partial charge on any atom is -0.506 e. The number of ether oxygens (including phenoxy) is 2. The Labute approximate surface area is 182 Å². The Morgan fingerprint density at radius 3 is 2.06 bits per heavy atom. The summed E-state index contributed by atoms with van der Waals surface area (Å²) in [5.74, 6) is 2.53. The van der Waals surface area contributed by atoms with Crippen LogP contribution in [0.1, 0.15) is 0 Å². The van der Waals surface area contributed by atoms with E-state index in [2.05, 4.69) is 9.80 Å². The fraction of sp³-hybridized carbons (Fsp3) is 0.280. The molecule has 0 aliphatic carbocycles. The van der Waals surface area contributed by atoms with Gasteiger partial charge in [-0.2, -0.15) is 0 Å². The molecule has 2 N–H and O–H groups in total. The van der Waals surface area contributed by atoms with Crippen molar-refractivity contribution in [3.05, 3.63) is 78.9 Å². The van der Waals surface area contributed by atoms with Gasteiger partial charge in [0.15, 0.2) is 0 Å². The first-order valence-electron chi connectivity index (χ1n) is 10.6. The van der Waals surface area contributed by atoms with E-state index in [1.165, 1.54) is 0 Å². The number of rotatable bonds is 8. The van der Waals surface area contributed by atoms with E-state index < -0.39 is 6.10 Å². The van der Waals surface area contributed by atoms with Crippen molar-refractivity contribution < 1.29 is 19.7 Å². The SMILES string of the molecule is Oc1ccccc1N1CCN(C[C@H](O)COc2ccc(Oc3ccccc3)cc2)CC1. The lowest BCUT2D eigenvalue weighted by atomic mass is 10.2. The average molecular weight is 421 g/mol. The maximum Gasteiger partial charge on any atom is 0.138 e. The van der Waals surface area contributed by atoms with E-state index >= 15 is 0 Å². The summed E-state index contributed by atoms with van der Waals surface area (Å²) in [5.41, 5.74) is 0.866. The summed E-state index contributed by atoms with van der Waals surface area (Å²) in [6.07, 6.45) is -0.572. The van der Waals surface area contributed by atoms with Crippen LogP contribution in [0.25, 0.3) is 0 Å². The molecule has 0 aromatic heterocycles. The van der Waals surface area contributed by atoms with E-state index in [-0.39, 0.29) is 6.61 Å². The first-order chi connectivity index (χ1) is 15.2. The second-order valence-corrected chi connectivity index (χ2v) is 7.63. The molecule has 4 rings (SSSR count). The topological polar surface area (TPSA) is 65.4 Å². The molecule has 31 heavy (non-hydrogen) atoms. The van der Waals surface area contributed by atoms with Crippen LogP contribution in [0.15, 0.2) is 78.9 Å². The Kier molecular flexibility index (Phi) is 6.92. The zero-order valence-electron chi connectivity index (χ0n) is 17.4. The number of anilines is 1. The highest BCUT2D eigenvalue weighted by atomic mass is 16.5. The van der Waals surface area contributed by atoms with Gasteiger partial charge < -0.3 is 24.6 Å². The number of phenolic OH excluding ortho intramolecular Hbond substituents is 1. The summed E-state index contributed by atoms with van der Waals surface area (Å²) >= 11 is 0. The van der Waals surface area contributed by atoms with E-state index in [1.807, 2.05) is 72.8 Å². The van der Waals surface area contributed by atoms with Crippen molar-refractivity contribution in [3.8, 4) is 23.0 Å². The van der Waals surface area contributed by atoms with Crippen molar-refractivity contribution in [2.45, 2.75) is 6.10 Å². The van der Waals surface area contributed by atoms with Crippen LogP contribution in [-0.2, 0) is 0 Å². The van der Waals surface area contributed by atoms with Gasteiger partial charge in [0.25, 0.3) is 0 Å². The number of hydrogen-bond acceptors (Lipinski definition) is 6. The van der Waals surface area contributed by atoms with Gasteiger partial charge in [0.2, 0.25) is 0 Å². The van der Waals surface area contributed by atoms with Gasteiger partial charge in [-0.3, -0.25) is 4.90 Å². The quantitative estimate of drug-likeness (QED) is 0.579. The van der Waals surface area contributed by atoms with E-state index in [0.29, 0.717) is 18.0 Å². The van der Waals surface area contributed by atoms with Gasteiger partial charge >= 0.3 is 0 Å². The second kappa shape index (κ2) is 10.2. The summed E-state index contributed by atoms with van der Waals surface area (Å²) in [6, 6.07) is 24.4. The third-order valence-corrected chi connectivity index (χ3v) is 5.31. The van der Waals surface area contributed by atoms with Crippen molar-refractivity contribution in [2.24, 2.45) is 0 Å². The highest BCUT2D eigenvalue weighted by Gasteiger charge is 2.21. The van der Waals surface area contributed by atoms with Gasteiger partial charge in [-0.1, -0.05) is 30.3 Å². The molecule has 1 aliphatic heterocycles. The zero-order chi connectivity index (χ0) is 21.5. The van der Waals surface area contributed by atoms with E-state index in [4.69, 9.17) is 9.47 Å². The largest absolute Gasteiger partial charge is 0.506 e. The van der Waals surface area contributed by atoms with Crippen molar-refractivity contribution in [1.29, 1.82) is 0 Å². The number of benzene rings is 3. The van der Waals surface area contributed by atoms with Gasteiger partial charge in [-0.15, -0.1) is 0 Å². The maximum atomic E-state index is 10.4.